The van der Waals surface area contributed by atoms with Gasteiger partial charge in [0.25, 0.3) is 0 Å². The molecule has 2 aromatic heterocycles. The highest BCUT2D eigenvalue weighted by atomic mass is 35.5. The van der Waals surface area contributed by atoms with Crippen molar-refractivity contribution in [2.45, 2.75) is 0 Å². The van der Waals surface area contributed by atoms with Crippen LogP contribution < -0.4 is 0 Å². The fraction of sp³-hybridized carbons (Fsp3) is 0. The molecular formula is C11H7ClN2S. The lowest BCUT2D eigenvalue weighted by Crippen LogP contribution is -1.80. The van der Waals surface area contributed by atoms with E-state index in [9.17, 15) is 0 Å². The second-order valence-corrected chi connectivity index (χ2v) is 4.39. The lowest BCUT2D eigenvalue weighted by atomic mass is 10.2. The maximum Gasteiger partial charge on any atom is 0.140 e. The van der Waals surface area contributed by atoms with E-state index in [1.807, 2.05) is 35.0 Å². The van der Waals surface area contributed by atoms with E-state index in [1.54, 1.807) is 11.3 Å². The highest BCUT2D eigenvalue weighted by Gasteiger charge is 2.08. The lowest BCUT2D eigenvalue weighted by Gasteiger charge is -1.98. The average Bonchev–Trinajstić information content (AvgIpc) is 2.77. The zero-order valence-corrected chi connectivity index (χ0v) is 9.27. The number of benzene rings is 1. The number of imidazole rings is 1. The number of aromatic amines is 1. The van der Waals surface area contributed by atoms with Crippen LogP contribution in [-0.2, 0) is 0 Å². The van der Waals surface area contributed by atoms with Crippen molar-refractivity contribution in [2.75, 3.05) is 0 Å². The van der Waals surface area contributed by atoms with Gasteiger partial charge in [-0.1, -0.05) is 23.7 Å². The van der Waals surface area contributed by atoms with Crippen molar-refractivity contribution in [1.82, 2.24) is 9.97 Å². The van der Waals surface area contributed by atoms with Crippen molar-refractivity contribution in [2.24, 2.45) is 0 Å². The van der Waals surface area contributed by atoms with E-state index in [-0.39, 0.29) is 0 Å². The molecule has 1 N–H and O–H groups in total. The van der Waals surface area contributed by atoms with Gasteiger partial charge in [-0.2, -0.15) is 0 Å². The van der Waals surface area contributed by atoms with Gasteiger partial charge >= 0.3 is 0 Å². The van der Waals surface area contributed by atoms with Gasteiger partial charge in [-0.3, -0.25) is 0 Å². The first-order valence-corrected chi connectivity index (χ1v) is 5.83. The number of hydrogen-bond donors (Lipinski definition) is 1. The summed E-state index contributed by atoms with van der Waals surface area (Å²) < 4.78 is 0. The SMILES string of the molecule is Clc1ccccc1-c1nc2cscc2[nH]1. The largest absolute Gasteiger partial charge is 0.337 e. The maximum absolute atomic E-state index is 6.10. The summed E-state index contributed by atoms with van der Waals surface area (Å²) in [6.45, 7) is 0. The number of fused-ring (bicyclic) bond motifs is 1. The molecular weight excluding hydrogens is 228 g/mol. The molecule has 3 rings (SSSR count). The molecule has 4 heteroatoms. The molecule has 0 amide bonds. The van der Waals surface area contributed by atoms with E-state index < -0.39 is 0 Å². The summed E-state index contributed by atoms with van der Waals surface area (Å²) in [5.41, 5.74) is 3.00. The predicted octanol–water partition coefficient (Wildman–Crippen LogP) is 3.94. The Kier molecular flexibility index (Phi) is 2.01. The van der Waals surface area contributed by atoms with Crippen LogP contribution >= 0.6 is 22.9 Å². The van der Waals surface area contributed by atoms with Crippen LogP contribution in [0.1, 0.15) is 0 Å². The van der Waals surface area contributed by atoms with Gasteiger partial charge in [0.05, 0.1) is 16.1 Å². The number of hydrogen-bond acceptors (Lipinski definition) is 2. The minimum Gasteiger partial charge on any atom is -0.337 e. The van der Waals surface area contributed by atoms with Crippen molar-refractivity contribution in [3.05, 3.63) is 40.0 Å². The Balaban J connectivity index is 2.22. The van der Waals surface area contributed by atoms with Gasteiger partial charge in [0, 0.05) is 16.3 Å². The first-order valence-electron chi connectivity index (χ1n) is 4.51. The summed E-state index contributed by atoms with van der Waals surface area (Å²) in [6.07, 6.45) is 0. The Labute approximate surface area is 95.5 Å². The lowest BCUT2D eigenvalue weighted by molar-refractivity contribution is 1.34. The fourth-order valence-corrected chi connectivity index (χ4v) is 2.44. The van der Waals surface area contributed by atoms with Gasteiger partial charge in [0.15, 0.2) is 0 Å². The number of aromatic nitrogens is 2. The summed E-state index contributed by atoms with van der Waals surface area (Å²) in [6, 6.07) is 7.70. The number of thiophene rings is 1. The molecule has 1 aromatic carbocycles. The molecule has 0 atom stereocenters. The minimum atomic E-state index is 0.720. The molecule has 0 aliphatic rings. The van der Waals surface area contributed by atoms with Gasteiger partial charge in [0.1, 0.15) is 5.82 Å². The third-order valence-electron chi connectivity index (χ3n) is 2.26. The molecule has 0 unspecified atom stereocenters. The number of nitrogens with one attached hydrogen (secondary N) is 1. The number of nitrogens with zero attached hydrogens (tertiary/aromatic N) is 1. The third-order valence-corrected chi connectivity index (χ3v) is 3.32. The molecule has 15 heavy (non-hydrogen) atoms. The molecule has 0 spiro atoms. The Hall–Kier alpha value is -1.32. The smallest absolute Gasteiger partial charge is 0.140 e. The Morgan fingerprint density at radius 3 is 2.87 bits per heavy atom. The van der Waals surface area contributed by atoms with Crippen molar-refractivity contribution in [1.29, 1.82) is 0 Å². The number of halogens is 1. The van der Waals surface area contributed by atoms with E-state index in [0.29, 0.717) is 0 Å². The first-order chi connectivity index (χ1) is 7.34. The van der Waals surface area contributed by atoms with Crippen molar-refractivity contribution in [3.8, 4) is 11.4 Å². The molecule has 0 fully saturated rings. The second-order valence-electron chi connectivity index (χ2n) is 3.24. The van der Waals surface area contributed by atoms with Gasteiger partial charge < -0.3 is 4.98 Å². The first kappa shape index (κ1) is 8.95. The zero-order chi connectivity index (χ0) is 10.3. The fourth-order valence-electron chi connectivity index (χ4n) is 1.53. The Morgan fingerprint density at radius 1 is 1.20 bits per heavy atom. The summed E-state index contributed by atoms with van der Waals surface area (Å²) in [4.78, 5) is 7.72. The van der Waals surface area contributed by atoms with Crippen LogP contribution in [0.5, 0.6) is 0 Å². The van der Waals surface area contributed by atoms with Gasteiger partial charge in [-0.15, -0.1) is 11.3 Å². The molecule has 0 radical (unpaired) electrons. The third kappa shape index (κ3) is 1.44. The van der Waals surface area contributed by atoms with E-state index in [1.165, 1.54) is 0 Å². The van der Waals surface area contributed by atoms with E-state index in [4.69, 9.17) is 11.6 Å². The summed E-state index contributed by atoms with van der Waals surface area (Å²) in [5.74, 6) is 0.832. The van der Waals surface area contributed by atoms with E-state index in [2.05, 4.69) is 9.97 Å². The maximum atomic E-state index is 6.10. The monoisotopic (exact) mass is 234 g/mol. The molecule has 3 aromatic rings. The highest BCUT2D eigenvalue weighted by molar-refractivity contribution is 7.09. The van der Waals surface area contributed by atoms with Crippen LogP contribution in [0.15, 0.2) is 35.0 Å². The predicted molar refractivity (Wildman–Crippen MR) is 64.4 cm³/mol. The Bertz CT molecular complexity index is 583. The number of rotatable bonds is 1. The van der Waals surface area contributed by atoms with Crippen molar-refractivity contribution in [3.63, 3.8) is 0 Å². The van der Waals surface area contributed by atoms with Crippen molar-refractivity contribution >= 4 is 34.0 Å². The van der Waals surface area contributed by atoms with Crippen LogP contribution in [-0.4, -0.2) is 9.97 Å². The Morgan fingerprint density at radius 2 is 2.07 bits per heavy atom. The molecule has 0 saturated carbocycles. The molecule has 74 valence electrons. The van der Waals surface area contributed by atoms with Crippen LogP contribution in [0, 0.1) is 0 Å². The van der Waals surface area contributed by atoms with Crippen molar-refractivity contribution < 1.29 is 0 Å². The second kappa shape index (κ2) is 3.36. The van der Waals surface area contributed by atoms with E-state index in [0.717, 1.165) is 27.4 Å². The zero-order valence-electron chi connectivity index (χ0n) is 7.70. The molecule has 2 heterocycles. The number of H-pyrrole nitrogens is 1. The molecule has 2 nitrogen and oxygen atoms in total. The van der Waals surface area contributed by atoms with E-state index >= 15 is 0 Å². The highest BCUT2D eigenvalue weighted by Crippen LogP contribution is 2.27. The molecule has 0 aliphatic carbocycles. The van der Waals surface area contributed by atoms with Crippen LogP contribution in [0.25, 0.3) is 22.4 Å². The van der Waals surface area contributed by atoms with Gasteiger partial charge in [-0.25, -0.2) is 4.98 Å². The topological polar surface area (TPSA) is 28.7 Å². The van der Waals surface area contributed by atoms with Gasteiger partial charge in [0.2, 0.25) is 0 Å². The van der Waals surface area contributed by atoms with Gasteiger partial charge in [-0.05, 0) is 12.1 Å². The van der Waals surface area contributed by atoms with Crippen LogP contribution in [0.3, 0.4) is 0 Å². The summed E-state index contributed by atoms with van der Waals surface area (Å²) >= 11 is 7.74. The van der Waals surface area contributed by atoms with Crippen LogP contribution in [0.4, 0.5) is 0 Å². The minimum absolute atomic E-state index is 0.720. The molecule has 0 bridgehead atoms. The molecule has 0 aliphatic heterocycles. The molecule has 0 saturated heterocycles. The normalized spacial score (nSPS) is 11.0. The standard InChI is InChI=1S/C11H7ClN2S/c12-8-4-2-1-3-7(8)11-13-9-5-15-6-10(9)14-11/h1-6H,(H,13,14). The summed E-state index contributed by atoms with van der Waals surface area (Å²) in [7, 11) is 0. The average molecular weight is 235 g/mol. The summed E-state index contributed by atoms with van der Waals surface area (Å²) in [5, 5.41) is 4.78. The van der Waals surface area contributed by atoms with Crippen LogP contribution in [0.2, 0.25) is 5.02 Å². The quantitative estimate of drug-likeness (QED) is 0.679.